The molecule has 0 aliphatic heterocycles. The van der Waals surface area contributed by atoms with Crippen LogP contribution in [0.4, 0.5) is 0 Å². The van der Waals surface area contributed by atoms with Crippen molar-refractivity contribution in [1.29, 1.82) is 0 Å². The molecule has 1 heterocycles. The second kappa shape index (κ2) is 7.22. The Balaban J connectivity index is 2.12. The van der Waals surface area contributed by atoms with Crippen LogP contribution < -0.4 is 5.32 Å². The molecule has 0 saturated heterocycles. The van der Waals surface area contributed by atoms with E-state index in [1.54, 1.807) is 13.8 Å². The number of aryl methyl sites for hydroxylation is 1. The monoisotopic (exact) mass is 302 g/mol. The standard InChI is InChI=1S/C17H22N2O3/c1-11(9-12(2)20)10-18-17(21)15-13(3)22-19-16(15)14-7-5-4-6-8-14/h4-8,11-12,20H,9-10H2,1-3H3,(H,18,21). The van der Waals surface area contributed by atoms with E-state index in [4.69, 9.17) is 4.52 Å². The number of amides is 1. The summed E-state index contributed by atoms with van der Waals surface area (Å²) in [7, 11) is 0. The molecule has 2 N–H and O–H groups in total. The number of nitrogens with zero attached hydrogens (tertiary/aromatic N) is 1. The van der Waals surface area contributed by atoms with Crippen LogP contribution in [0.1, 0.15) is 36.4 Å². The molecule has 2 aromatic rings. The first-order valence-corrected chi connectivity index (χ1v) is 7.47. The number of carbonyl (C=O) groups is 1. The van der Waals surface area contributed by atoms with Gasteiger partial charge < -0.3 is 14.9 Å². The average molecular weight is 302 g/mol. The number of hydrogen-bond acceptors (Lipinski definition) is 4. The van der Waals surface area contributed by atoms with Crippen molar-refractivity contribution >= 4 is 5.91 Å². The minimum absolute atomic E-state index is 0.198. The molecule has 22 heavy (non-hydrogen) atoms. The summed E-state index contributed by atoms with van der Waals surface area (Å²) in [5.74, 6) is 0.499. The Labute approximate surface area is 130 Å². The molecule has 2 rings (SSSR count). The van der Waals surface area contributed by atoms with Crippen LogP contribution in [0.5, 0.6) is 0 Å². The predicted octanol–water partition coefficient (Wildman–Crippen LogP) is 2.79. The average Bonchev–Trinajstić information content (AvgIpc) is 2.87. The SMILES string of the molecule is Cc1onc(-c2ccccc2)c1C(=O)NCC(C)CC(C)O. The van der Waals surface area contributed by atoms with E-state index in [1.807, 2.05) is 37.3 Å². The summed E-state index contributed by atoms with van der Waals surface area (Å²) in [4.78, 5) is 12.4. The summed E-state index contributed by atoms with van der Waals surface area (Å²) in [6.07, 6.45) is 0.276. The summed E-state index contributed by atoms with van der Waals surface area (Å²) in [6.45, 7) is 5.97. The molecule has 1 aromatic heterocycles. The molecular weight excluding hydrogens is 280 g/mol. The van der Waals surface area contributed by atoms with Crippen molar-refractivity contribution in [3.05, 3.63) is 41.7 Å². The number of rotatable bonds is 6. The van der Waals surface area contributed by atoms with Gasteiger partial charge in [0.1, 0.15) is 17.0 Å². The van der Waals surface area contributed by atoms with E-state index in [0.717, 1.165) is 5.56 Å². The molecule has 1 amide bonds. The van der Waals surface area contributed by atoms with Gasteiger partial charge in [0.15, 0.2) is 0 Å². The van der Waals surface area contributed by atoms with Gasteiger partial charge in [-0.25, -0.2) is 0 Å². The third kappa shape index (κ3) is 3.95. The highest BCUT2D eigenvalue weighted by atomic mass is 16.5. The largest absolute Gasteiger partial charge is 0.393 e. The van der Waals surface area contributed by atoms with Gasteiger partial charge in [-0.3, -0.25) is 4.79 Å². The zero-order valence-electron chi connectivity index (χ0n) is 13.2. The van der Waals surface area contributed by atoms with Crippen molar-refractivity contribution in [2.45, 2.75) is 33.3 Å². The quantitative estimate of drug-likeness (QED) is 0.860. The summed E-state index contributed by atoms with van der Waals surface area (Å²) < 4.78 is 5.19. The first-order valence-electron chi connectivity index (χ1n) is 7.47. The van der Waals surface area contributed by atoms with Crippen LogP contribution in [-0.4, -0.2) is 28.8 Å². The minimum Gasteiger partial charge on any atom is -0.393 e. The Hall–Kier alpha value is -2.14. The number of benzene rings is 1. The van der Waals surface area contributed by atoms with Crippen molar-refractivity contribution in [3.8, 4) is 11.3 Å². The summed E-state index contributed by atoms with van der Waals surface area (Å²) in [6, 6.07) is 9.49. The number of aromatic nitrogens is 1. The molecule has 2 atom stereocenters. The molecule has 2 unspecified atom stereocenters. The Morgan fingerprint density at radius 2 is 2.00 bits per heavy atom. The number of hydrogen-bond donors (Lipinski definition) is 2. The summed E-state index contributed by atoms with van der Waals surface area (Å²) >= 11 is 0. The van der Waals surface area contributed by atoms with Crippen LogP contribution in [0.2, 0.25) is 0 Å². The maximum Gasteiger partial charge on any atom is 0.257 e. The number of aliphatic hydroxyl groups excluding tert-OH is 1. The fourth-order valence-corrected chi connectivity index (χ4v) is 2.45. The van der Waals surface area contributed by atoms with Crippen LogP contribution in [0.25, 0.3) is 11.3 Å². The van der Waals surface area contributed by atoms with E-state index in [0.29, 0.717) is 30.0 Å². The van der Waals surface area contributed by atoms with E-state index < -0.39 is 0 Å². The Kier molecular flexibility index (Phi) is 5.33. The lowest BCUT2D eigenvalue weighted by atomic mass is 10.0. The first-order chi connectivity index (χ1) is 10.5. The highest BCUT2D eigenvalue weighted by Gasteiger charge is 2.21. The fraction of sp³-hybridized carbons (Fsp3) is 0.412. The number of carbonyl (C=O) groups excluding carboxylic acids is 1. The predicted molar refractivity (Wildman–Crippen MR) is 84.5 cm³/mol. The van der Waals surface area contributed by atoms with E-state index >= 15 is 0 Å². The zero-order valence-corrected chi connectivity index (χ0v) is 13.2. The highest BCUT2D eigenvalue weighted by Crippen LogP contribution is 2.24. The van der Waals surface area contributed by atoms with Crippen LogP contribution in [0.15, 0.2) is 34.9 Å². The first kappa shape index (κ1) is 16.2. The second-order valence-corrected chi connectivity index (χ2v) is 5.73. The van der Waals surface area contributed by atoms with Crippen molar-refractivity contribution in [2.24, 2.45) is 5.92 Å². The van der Waals surface area contributed by atoms with Gasteiger partial charge in [0.2, 0.25) is 0 Å². The lowest BCUT2D eigenvalue weighted by Crippen LogP contribution is -2.30. The zero-order chi connectivity index (χ0) is 16.1. The molecule has 0 bridgehead atoms. The minimum atomic E-state index is -0.371. The van der Waals surface area contributed by atoms with Gasteiger partial charge in [-0.1, -0.05) is 42.4 Å². The maximum atomic E-state index is 12.4. The number of nitrogens with one attached hydrogen (secondary N) is 1. The van der Waals surface area contributed by atoms with E-state index in [2.05, 4.69) is 10.5 Å². The summed E-state index contributed by atoms with van der Waals surface area (Å²) in [5.41, 5.74) is 1.87. The molecule has 0 aliphatic carbocycles. The lowest BCUT2D eigenvalue weighted by molar-refractivity contribution is 0.0938. The van der Waals surface area contributed by atoms with E-state index in [-0.39, 0.29) is 17.9 Å². The Bertz CT molecular complexity index is 620. The molecule has 0 saturated carbocycles. The normalized spacial score (nSPS) is 13.6. The third-order valence-corrected chi connectivity index (χ3v) is 3.49. The number of aliphatic hydroxyl groups is 1. The molecule has 1 aromatic carbocycles. The van der Waals surface area contributed by atoms with Crippen LogP contribution in [0.3, 0.4) is 0 Å². The van der Waals surface area contributed by atoms with Gasteiger partial charge in [0, 0.05) is 12.1 Å². The molecule has 0 radical (unpaired) electrons. The lowest BCUT2D eigenvalue weighted by Gasteiger charge is -2.14. The van der Waals surface area contributed by atoms with Crippen molar-refractivity contribution in [2.75, 3.05) is 6.54 Å². The van der Waals surface area contributed by atoms with Gasteiger partial charge in [-0.15, -0.1) is 0 Å². The van der Waals surface area contributed by atoms with Crippen LogP contribution in [-0.2, 0) is 0 Å². The van der Waals surface area contributed by atoms with E-state index in [9.17, 15) is 9.90 Å². The molecule has 0 fully saturated rings. The second-order valence-electron chi connectivity index (χ2n) is 5.73. The highest BCUT2D eigenvalue weighted by molar-refractivity contribution is 6.00. The van der Waals surface area contributed by atoms with Gasteiger partial charge >= 0.3 is 0 Å². The topological polar surface area (TPSA) is 75.4 Å². The third-order valence-electron chi connectivity index (χ3n) is 3.49. The van der Waals surface area contributed by atoms with Crippen LogP contribution in [0, 0.1) is 12.8 Å². The smallest absolute Gasteiger partial charge is 0.257 e. The Morgan fingerprint density at radius 1 is 1.32 bits per heavy atom. The van der Waals surface area contributed by atoms with Crippen molar-refractivity contribution < 1.29 is 14.4 Å². The van der Waals surface area contributed by atoms with Crippen molar-refractivity contribution in [1.82, 2.24) is 10.5 Å². The van der Waals surface area contributed by atoms with Gasteiger partial charge in [0.25, 0.3) is 5.91 Å². The van der Waals surface area contributed by atoms with Crippen LogP contribution >= 0.6 is 0 Å². The van der Waals surface area contributed by atoms with E-state index in [1.165, 1.54) is 0 Å². The maximum absolute atomic E-state index is 12.4. The molecule has 118 valence electrons. The molecule has 5 heteroatoms. The van der Waals surface area contributed by atoms with Crippen molar-refractivity contribution in [3.63, 3.8) is 0 Å². The van der Waals surface area contributed by atoms with Gasteiger partial charge in [0.05, 0.1) is 6.10 Å². The fourth-order valence-electron chi connectivity index (χ4n) is 2.45. The molecule has 0 aliphatic rings. The molecule has 0 spiro atoms. The molecule has 5 nitrogen and oxygen atoms in total. The molecular formula is C17H22N2O3. The summed E-state index contributed by atoms with van der Waals surface area (Å²) in [5, 5.41) is 16.3. The Morgan fingerprint density at radius 3 is 2.64 bits per heavy atom. The van der Waals surface area contributed by atoms with Gasteiger partial charge in [-0.05, 0) is 26.2 Å². The van der Waals surface area contributed by atoms with Gasteiger partial charge in [-0.2, -0.15) is 0 Å².